The van der Waals surface area contributed by atoms with Crippen molar-refractivity contribution in [3.05, 3.63) is 36.0 Å². The van der Waals surface area contributed by atoms with E-state index in [0.29, 0.717) is 6.42 Å². The minimum absolute atomic E-state index is 0.0645. The second kappa shape index (κ2) is 15.9. The van der Waals surface area contributed by atoms with Crippen molar-refractivity contribution in [3.8, 4) is 0 Å². The van der Waals surface area contributed by atoms with Crippen LogP contribution in [0.4, 0.5) is 26.3 Å². The first-order valence-electron chi connectivity index (χ1n) is 17.4. The zero-order valence-corrected chi connectivity index (χ0v) is 35.5. The van der Waals surface area contributed by atoms with E-state index in [-0.39, 0.29) is 34.8 Å². The number of hydrogen-bond acceptors (Lipinski definition) is 3. The number of halogens is 6. The van der Waals surface area contributed by atoms with Gasteiger partial charge in [0, 0.05) is 0 Å². The lowest BCUT2D eigenvalue weighted by atomic mass is 9.83. The molecule has 1 aliphatic rings. The van der Waals surface area contributed by atoms with Gasteiger partial charge in [0.25, 0.3) is 5.60 Å². The molecule has 1 fully saturated rings. The minimum Gasteiger partial charge on any atom is -0.414 e. The highest BCUT2D eigenvalue weighted by Crippen LogP contribution is 2.49. The van der Waals surface area contributed by atoms with E-state index in [1.54, 1.807) is 0 Å². The summed E-state index contributed by atoms with van der Waals surface area (Å²) >= 11 is 0. The Morgan fingerprint density at radius 2 is 1.12 bits per heavy atom. The van der Waals surface area contributed by atoms with Gasteiger partial charge in [-0.05, 0) is 112 Å². The molecule has 0 aromatic carbocycles. The first-order chi connectivity index (χ1) is 21.1. The van der Waals surface area contributed by atoms with E-state index in [9.17, 15) is 26.3 Å². The second-order valence-corrected chi connectivity index (χ2v) is 32.4. The number of hydrogen-bond donors (Lipinski definition) is 0. The van der Waals surface area contributed by atoms with E-state index in [4.69, 9.17) is 13.3 Å². The van der Waals surface area contributed by atoms with Gasteiger partial charge in [0.2, 0.25) is 0 Å². The lowest BCUT2D eigenvalue weighted by Gasteiger charge is -2.45. The Kier molecular flexibility index (Phi) is 15.0. The molecule has 48 heavy (non-hydrogen) atoms. The zero-order valence-electron chi connectivity index (χ0n) is 32.5. The predicted octanol–water partition coefficient (Wildman–Crippen LogP) is 13.3. The minimum atomic E-state index is -5.63. The van der Waals surface area contributed by atoms with Crippen LogP contribution in [0.1, 0.15) is 100 Å². The SMILES string of the molecule is CC(C)(CC=CC(O[Si](C)(C)C)(C(F)(F)F)C(F)(F)F)CCCC=CC=C1C[C@@H](O[Si](C)(C)C(C)(C)C)C[C@H](O[Si](C)(C)C(C)(C)C)C1. The van der Waals surface area contributed by atoms with Gasteiger partial charge < -0.3 is 13.3 Å². The van der Waals surface area contributed by atoms with Crippen LogP contribution in [0, 0.1) is 5.41 Å². The second-order valence-electron chi connectivity index (χ2n) is 18.5. The fourth-order valence-corrected chi connectivity index (χ4v) is 9.26. The summed E-state index contributed by atoms with van der Waals surface area (Å²) < 4.78 is 102. The quantitative estimate of drug-likeness (QED) is 0.0767. The summed E-state index contributed by atoms with van der Waals surface area (Å²) in [6, 6.07) is 0. The van der Waals surface area contributed by atoms with E-state index in [1.165, 1.54) is 25.2 Å². The molecule has 0 aliphatic heterocycles. The smallest absolute Gasteiger partial charge is 0.414 e. The first kappa shape index (κ1) is 45.4. The van der Waals surface area contributed by atoms with E-state index in [0.717, 1.165) is 38.2 Å². The highest BCUT2D eigenvalue weighted by atomic mass is 28.4. The average molecular weight is 745 g/mol. The molecule has 3 nitrogen and oxygen atoms in total. The van der Waals surface area contributed by atoms with Crippen LogP contribution >= 0.6 is 0 Å². The van der Waals surface area contributed by atoms with Gasteiger partial charge in [-0.25, -0.2) is 0 Å². The molecule has 2 atom stereocenters. The summed E-state index contributed by atoms with van der Waals surface area (Å²) in [5.74, 6) is 0. The largest absolute Gasteiger partial charge is 0.429 e. The van der Waals surface area contributed by atoms with Crippen molar-refractivity contribution in [1.82, 2.24) is 0 Å². The molecule has 0 spiro atoms. The lowest BCUT2D eigenvalue weighted by molar-refractivity contribution is -0.340. The van der Waals surface area contributed by atoms with Gasteiger partial charge in [0.15, 0.2) is 25.0 Å². The maximum absolute atomic E-state index is 13.9. The highest BCUT2D eigenvalue weighted by Gasteiger charge is 2.71. The Labute approximate surface area is 291 Å². The van der Waals surface area contributed by atoms with Crippen LogP contribution in [0.3, 0.4) is 0 Å². The number of rotatable bonds is 14. The summed E-state index contributed by atoms with van der Waals surface area (Å²) in [6.07, 6.45) is 1.29. The highest BCUT2D eigenvalue weighted by molar-refractivity contribution is 6.74. The van der Waals surface area contributed by atoms with E-state index < -0.39 is 48.3 Å². The van der Waals surface area contributed by atoms with Crippen molar-refractivity contribution in [2.75, 3.05) is 0 Å². The molecule has 0 N–H and O–H groups in total. The Morgan fingerprint density at radius 1 is 0.688 bits per heavy atom. The predicted molar refractivity (Wildman–Crippen MR) is 196 cm³/mol. The Balaban J connectivity index is 2.99. The molecule has 0 radical (unpaired) electrons. The van der Waals surface area contributed by atoms with Crippen molar-refractivity contribution < 1.29 is 39.6 Å². The molecule has 0 saturated heterocycles. The molecule has 0 aromatic heterocycles. The molecule has 282 valence electrons. The molecule has 1 rings (SSSR count). The van der Waals surface area contributed by atoms with Crippen LogP contribution < -0.4 is 0 Å². The Morgan fingerprint density at radius 3 is 1.50 bits per heavy atom. The molecule has 0 unspecified atom stereocenters. The molecule has 0 amide bonds. The van der Waals surface area contributed by atoms with Crippen LogP contribution in [0.2, 0.25) is 55.9 Å². The monoisotopic (exact) mass is 744 g/mol. The third-order valence-electron chi connectivity index (χ3n) is 10.1. The van der Waals surface area contributed by atoms with Gasteiger partial charge in [0.05, 0.1) is 12.2 Å². The third-order valence-corrected chi connectivity index (χ3v) is 20.1. The standard InChI is InChI=1S/C36H66F6O3Si3/c1-31(2,3)47(12,13)43-29-25-28(26-30(27-29)44-48(14,15)32(4,5)6)21-18-16-17-19-22-33(7,8)23-20-24-34(35(37,38)39,36(40,41)42)45-46(9,10)11/h16,18,20-21,24,29-30H,17,19,22-23,25-27H2,1-15H3/t29-,30-/m1/s1. The maximum atomic E-state index is 13.9. The average Bonchev–Trinajstić information content (AvgIpc) is 2.81. The summed E-state index contributed by atoms with van der Waals surface area (Å²) in [5, 5.41) is 0.213. The molecular formula is C36H66F6O3Si3. The number of allylic oxidation sites excluding steroid dienone is 4. The van der Waals surface area contributed by atoms with Gasteiger partial charge in [-0.15, -0.1) is 0 Å². The van der Waals surface area contributed by atoms with Crippen LogP contribution in [0.15, 0.2) is 36.0 Å². The van der Waals surface area contributed by atoms with Crippen molar-refractivity contribution in [2.24, 2.45) is 5.41 Å². The van der Waals surface area contributed by atoms with Crippen LogP contribution in [-0.4, -0.2) is 55.1 Å². The molecule has 0 bridgehead atoms. The normalized spacial score (nSPS) is 20.3. The van der Waals surface area contributed by atoms with Crippen LogP contribution in [0.5, 0.6) is 0 Å². The third kappa shape index (κ3) is 13.5. The summed E-state index contributed by atoms with van der Waals surface area (Å²) in [4.78, 5) is 0. The molecule has 1 saturated carbocycles. The van der Waals surface area contributed by atoms with Gasteiger partial charge in [-0.1, -0.05) is 85.3 Å². The Bertz CT molecular complexity index is 1070. The van der Waals surface area contributed by atoms with Crippen molar-refractivity contribution >= 4 is 25.0 Å². The van der Waals surface area contributed by atoms with Gasteiger partial charge >= 0.3 is 12.4 Å². The lowest BCUT2D eigenvalue weighted by Crippen LogP contribution is -2.61. The van der Waals surface area contributed by atoms with E-state index in [2.05, 4.69) is 86.0 Å². The molecule has 0 heterocycles. The first-order valence-corrected chi connectivity index (χ1v) is 26.6. The molecular weight excluding hydrogens is 679 g/mol. The molecule has 1 aliphatic carbocycles. The van der Waals surface area contributed by atoms with Gasteiger partial charge in [0.1, 0.15) is 0 Å². The van der Waals surface area contributed by atoms with Crippen molar-refractivity contribution in [3.63, 3.8) is 0 Å². The van der Waals surface area contributed by atoms with E-state index >= 15 is 0 Å². The number of unbranched alkanes of at least 4 members (excludes halogenated alkanes) is 1. The fourth-order valence-electron chi connectivity index (χ4n) is 5.26. The Hall–Kier alpha value is -0.669. The summed E-state index contributed by atoms with van der Waals surface area (Å²) in [6.45, 7) is 30.3. The van der Waals surface area contributed by atoms with E-state index in [1.807, 2.05) is 13.8 Å². The summed E-state index contributed by atoms with van der Waals surface area (Å²) in [7, 11) is -7.16. The van der Waals surface area contributed by atoms with Gasteiger partial charge in [-0.3, -0.25) is 0 Å². The van der Waals surface area contributed by atoms with Crippen LogP contribution in [0.25, 0.3) is 0 Å². The van der Waals surface area contributed by atoms with Crippen molar-refractivity contribution in [2.45, 2.75) is 186 Å². The molecule has 12 heteroatoms. The molecule has 0 aromatic rings. The zero-order chi connectivity index (χ0) is 37.8. The summed E-state index contributed by atoms with van der Waals surface area (Å²) in [5.41, 5.74) is -3.50. The topological polar surface area (TPSA) is 27.7 Å². The maximum Gasteiger partial charge on any atom is 0.429 e. The van der Waals surface area contributed by atoms with Gasteiger partial charge in [-0.2, -0.15) is 26.3 Å². The fraction of sp³-hybridized carbons (Fsp3) is 0.833. The van der Waals surface area contributed by atoms with Crippen molar-refractivity contribution in [1.29, 1.82) is 0 Å². The number of alkyl halides is 6. The van der Waals surface area contributed by atoms with Crippen LogP contribution in [-0.2, 0) is 13.3 Å².